The van der Waals surface area contributed by atoms with Crippen LogP contribution in [0.4, 0.5) is 0 Å². The Hall–Kier alpha value is -2.10. The molecule has 0 saturated carbocycles. The highest BCUT2D eigenvalue weighted by Gasteiger charge is 2.13. The first-order valence-electron chi connectivity index (χ1n) is 5.30. The lowest BCUT2D eigenvalue weighted by molar-refractivity contribution is 0.112. The second-order valence-corrected chi connectivity index (χ2v) is 3.80. The van der Waals surface area contributed by atoms with Gasteiger partial charge < -0.3 is 9.30 Å². The predicted molar refractivity (Wildman–Crippen MR) is 65.3 cm³/mol. The van der Waals surface area contributed by atoms with Gasteiger partial charge in [0.15, 0.2) is 6.29 Å². The number of rotatable bonds is 3. The fraction of sp³-hybridized carbons (Fsp3) is 0.231. The normalized spacial score (nSPS) is 10.3. The van der Waals surface area contributed by atoms with E-state index >= 15 is 0 Å². The molecule has 0 radical (unpaired) electrons. The SMILES string of the molecule is COc1cccc(-c2c(C=O)nc(C)n2C)c1. The predicted octanol–water partition coefficient (Wildman–Crippen LogP) is 2.22. The van der Waals surface area contributed by atoms with Crippen LogP contribution in [0.1, 0.15) is 16.3 Å². The minimum absolute atomic E-state index is 0.457. The molecule has 0 unspecified atom stereocenters. The van der Waals surface area contributed by atoms with Crippen molar-refractivity contribution in [2.24, 2.45) is 7.05 Å². The largest absolute Gasteiger partial charge is 0.497 e. The summed E-state index contributed by atoms with van der Waals surface area (Å²) in [5.74, 6) is 1.57. The smallest absolute Gasteiger partial charge is 0.170 e. The lowest BCUT2D eigenvalue weighted by Gasteiger charge is -2.06. The summed E-state index contributed by atoms with van der Waals surface area (Å²) in [6, 6.07) is 7.59. The van der Waals surface area contributed by atoms with Crippen LogP contribution in [-0.4, -0.2) is 22.9 Å². The molecular formula is C13H14N2O2. The van der Waals surface area contributed by atoms with Gasteiger partial charge in [-0.15, -0.1) is 0 Å². The van der Waals surface area contributed by atoms with Crippen LogP contribution in [0.25, 0.3) is 11.3 Å². The molecule has 4 nitrogen and oxygen atoms in total. The van der Waals surface area contributed by atoms with Gasteiger partial charge in [0.1, 0.15) is 17.3 Å². The fourth-order valence-corrected chi connectivity index (χ4v) is 1.83. The van der Waals surface area contributed by atoms with Gasteiger partial charge in [0.25, 0.3) is 0 Å². The van der Waals surface area contributed by atoms with E-state index in [0.29, 0.717) is 5.69 Å². The highest BCUT2D eigenvalue weighted by Crippen LogP contribution is 2.26. The van der Waals surface area contributed by atoms with Crippen molar-refractivity contribution in [1.82, 2.24) is 9.55 Å². The van der Waals surface area contributed by atoms with E-state index in [1.165, 1.54) is 0 Å². The molecule has 0 N–H and O–H groups in total. The van der Waals surface area contributed by atoms with Gasteiger partial charge in [0.2, 0.25) is 0 Å². The van der Waals surface area contributed by atoms with E-state index in [1.54, 1.807) is 7.11 Å². The van der Waals surface area contributed by atoms with Crippen molar-refractivity contribution < 1.29 is 9.53 Å². The zero-order valence-electron chi connectivity index (χ0n) is 10.1. The Balaban J connectivity index is 2.62. The standard InChI is InChI=1S/C13H14N2O2/c1-9-14-12(8-16)13(15(9)2)10-5-4-6-11(7-10)17-3/h4-8H,1-3H3. The molecule has 88 valence electrons. The number of nitrogens with zero attached hydrogens (tertiary/aromatic N) is 2. The van der Waals surface area contributed by atoms with Gasteiger partial charge >= 0.3 is 0 Å². The van der Waals surface area contributed by atoms with E-state index < -0.39 is 0 Å². The van der Waals surface area contributed by atoms with E-state index in [0.717, 1.165) is 29.1 Å². The summed E-state index contributed by atoms with van der Waals surface area (Å²) >= 11 is 0. The quantitative estimate of drug-likeness (QED) is 0.759. The number of ether oxygens (including phenoxy) is 1. The summed E-state index contributed by atoms with van der Waals surface area (Å²) in [6.07, 6.45) is 0.780. The Bertz CT molecular complexity index is 559. The number of benzene rings is 1. The Labute approximate surface area is 99.9 Å². The number of imidazole rings is 1. The number of carbonyl (C=O) groups excluding carboxylic acids is 1. The Morgan fingerprint density at radius 1 is 1.41 bits per heavy atom. The van der Waals surface area contributed by atoms with Gasteiger partial charge in [0.05, 0.1) is 12.8 Å². The summed E-state index contributed by atoms with van der Waals surface area (Å²) in [6.45, 7) is 1.87. The van der Waals surface area contributed by atoms with Crippen LogP contribution in [0.15, 0.2) is 24.3 Å². The molecule has 4 heteroatoms. The molecule has 0 atom stereocenters. The highest BCUT2D eigenvalue weighted by atomic mass is 16.5. The Morgan fingerprint density at radius 2 is 2.18 bits per heavy atom. The third kappa shape index (κ3) is 1.93. The molecule has 1 heterocycles. The minimum atomic E-state index is 0.457. The second-order valence-electron chi connectivity index (χ2n) is 3.80. The van der Waals surface area contributed by atoms with Crippen molar-refractivity contribution >= 4 is 6.29 Å². The monoisotopic (exact) mass is 230 g/mol. The molecule has 0 amide bonds. The molecule has 0 spiro atoms. The number of aromatic nitrogens is 2. The Kier molecular flexibility index (Phi) is 2.95. The van der Waals surface area contributed by atoms with E-state index in [9.17, 15) is 4.79 Å². The zero-order valence-corrected chi connectivity index (χ0v) is 10.1. The van der Waals surface area contributed by atoms with Crippen LogP contribution in [0.3, 0.4) is 0 Å². The van der Waals surface area contributed by atoms with Crippen LogP contribution < -0.4 is 4.74 Å². The number of aryl methyl sites for hydroxylation is 1. The minimum Gasteiger partial charge on any atom is -0.497 e. The van der Waals surface area contributed by atoms with Gasteiger partial charge in [0, 0.05) is 12.6 Å². The molecule has 2 rings (SSSR count). The van der Waals surface area contributed by atoms with Gasteiger partial charge in [-0.1, -0.05) is 12.1 Å². The maximum absolute atomic E-state index is 11.0. The lowest BCUT2D eigenvalue weighted by atomic mass is 10.1. The molecule has 0 fully saturated rings. The van der Waals surface area contributed by atoms with Crippen molar-refractivity contribution in [2.75, 3.05) is 7.11 Å². The van der Waals surface area contributed by atoms with E-state index in [4.69, 9.17) is 4.74 Å². The fourth-order valence-electron chi connectivity index (χ4n) is 1.83. The van der Waals surface area contributed by atoms with Crippen molar-refractivity contribution in [2.45, 2.75) is 6.92 Å². The third-order valence-electron chi connectivity index (χ3n) is 2.80. The van der Waals surface area contributed by atoms with Crippen LogP contribution in [0.5, 0.6) is 5.75 Å². The molecule has 1 aromatic heterocycles. The molecule has 1 aromatic carbocycles. The molecular weight excluding hydrogens is 216 g/mol. The van der Waals surface area contributed by atoms with E-state index in [-0.39, 0.29) is 0 Å². The average molecular weight is 230 g/mol. The van der Waals surface area contributed by atoms with Crippen molar-refractivity contribution in [3.8, 4) is 17.0 Å². The van der Waals surface area contributed by atoms with Crippen molar-refractivity contribution in [3.63, 3.8) is 0 Å². The topological polar surface area (TPSA) is 44.1 Å². The summed E-state index contributed by atoms with van der Waals surface area (Å²) < 4.78 is 7.08. The van der Waals surface area contributed by atoms with Crippen LogP contribution in [-0.2, 0) is 7.05 Å². The number of methoxy groups -OCH3 is 1. The van der Waals surface area contributed by atoms with Gasteiger partial charge in [-0.2, -0.15) is 0 Å². The van der Waals surface area contributed by atoms with Crippen molar-refractivity contribution in [1.29, 1.82) is 0 Å². The molecule has 0 bridgehead atoms. The maximum Gasteiger partial charge on any atom is 0.170 e. The number of aldehydes is 1. The van der Waals surface area contributed by atoms with Gasteiger partial charge in [-0.25, -0.2) is 4.98 Å². The lowest BCUT2D eigenvalue weighted by Crippen LogP contribution is -1.96. The molecule has 0 aliphatic carbocycles. The molecule has 0 saturated heterocycles. The molecule has 0 aliphatic rings. The van der Waals surface area contributed by atoms with E-state index in [1.807, 2.05) is 42.8 Å². The molecule has 17 heavy (non-hydrogen) atoms. The summed E-state index contributed by atoms with van der Waals surface area (Å²) in [5.41, 5.74) is 2.20. The number of hydrogen-bond donors (Lipinski definition) is 0. The number of hydrogen-bond acceptors (Lipinski definition) is 3. The maximum atomic E-state index is 11.0. The summed E-state index contributed by atoms with van der Waals surface area (Å²) in [4.78, 5) is 15.2. The van der Waals surface area contributed by atoms with Gasteiger partial charge in [-0.3, -0.25) is 4.79 Å². The molecule has 0 aliphatic heterocycles. The van der Waals surface area contributed by atoms with Crippen LogP contribution in [0, 0.1) is 6.92 Å². The summed E-state index contributed by atoms with van der Waals surface area (Å²) in [5, 5.41) is 0. The number of carbonyl (C=O) groups is 1. The second kappa shape index (κ2) is 4.41. The van der Waals surface area contributed by atoms with Crippen LogP contribution in [0.2, 0.25) is 0 Å². The van der Waals surface area contributed by atoms with Gasteiger partial charge in [-0.05, 0) is 19.1 Å². The average Bonchev–Trinajstić information content (AvgIpc) is 2.65. The zero-order chi connectivity index (χ0) is 12.4. The highest BCUT2D eigenvalue weighted by molar-refractivity contribution is 5.84. The van der Waals surface area contributed by atoms with Crippen LogP contribution >= 0.6 is 0 Å². The first kappa shape index (κ1) is 11.4. The molecule has 2 aromatic rings. The van der Waals surface area contributed by atoms with E-state index in [2.05, 4.69) is 4.98 Å². The Morgan fingerprint density at radius 3 is 2.82 bits per heavy atom. The first-order valence-corrected chi connectivity index (χ1v) is 5.30. The summed E-state index contributed by atoms with van der Waals surface area (Å²) in [7, 11) is 3.51. The first-order chi connectivity index (χ1) is 8.17. The third-order valence-corrected chi connectivity index (χ3v) is 2.80. The van der Waals surface area contributed by atoms with Crippen molar-refractivity contribution in [3.05, 3.63) is 35.8 Å².